The summed E-state index contributed by atoms with van der Waals surface area (Å²) in [4.78, 5) is 25.1. The minimum atomic E-state index is -0.635. The number of hydrogen-bond acceptors (Lipinski definition) is 4. The van der Waals surface area contributed by atoms with Crippen LogP contribution in [0.1, 0.15) is 54.1 Å². The van der Waals surface area contributed by atoms with Gasteiger partial charge < -0.3 is 16.0 Å². The van der Waals surface area contributed by atoms with E-state index < -0.39 is 6.03 Å². The van der Waals surface area contributed by atoms with Crippen molar-refractivity contribution in [3.05, 3.63) is 65.5 Å². The summed E-state index contributed by atoms with van der Waals surface area (Å²) in [5.41, 5.74) is 13.7. The van der Waals surface area contributed by atoms with Crippen LogP contribution in [0.4, 0.5) is 14.9 Å². The van der Waals surface area contributed by atoms with Crippen molar-refractivity contribution in [3.8, 4) is 0 Å². The lowest BCUT2D eigenvalue weighted by Gasteiger charge is -2.17. The van der Waals surface area contributed by atoms with Gasteiger partial charge >= 0.3 is 6.03 Å². The maximum absolute atomic E-state index is 13.4. The van der Waals surface area contributed by atoms with Gasteiger partial charge in [0, 0.05) is 36.9 Å². The van der Waals surface area contributed by atoms with E-state index in [9.17, 15) is 14.0 Å². The highest BCUT2D eigenvalue weighted by molar-refractivity contribution is 5.95. The summed E-state index contributed by atoms with van der Waals surface area (Å²) in [7, 11) is 1.80. The third kappa shape index (κ3) is 6.77. The molecule has 1 heterocycles. The van der Waals surface area contributed by atoms with Crippen molar-refractivity contribution in [2.45, 2.75) is 44.2 Å². The molecule has 2 unspecified atom stereocenters. The first-order chi connectivity index (χ1) is 14.9. The summed E-state index contributed by atoms with van der Waals surface area (Å²) in [5, 5.41) is 2.47. The molecule has 166 valence electrons. The molecule has 31 heavy (non-hydrogen) atoms. The van der Waals surface area contributed by atoms with Gasteiger partial charge in [-0.05, 0) is 61.2 Å². The van der Waals surface area contributed by atoms with Gasteiger partial charge in [-0.15, -0.1) is 0 Å². The second-order valence-electron chi connectivity index (χ2n) is 7.97. The Morgan fingerprint density at radius 2 is 1.90 bits per heavy atom. The number of unbranched alkanes of at least 4 members (excludes halogenated alkanes) is 2. The first-order valence-electron chi connectivity index (χ1n) is 10.6. The van der Waals surface area contributed by atoms with Crippen LogP contribution in [0, 0.1) is 5.82 Å². The fraction of sp³-hybridized carbons (Fsp3) is 0.391. The number of primary amides is 1. The molecule has 1 saturated heterocycles. The van der Waals surface area contributed by atoms with Crippen LogP contribution in [0.15, 0.2) is 48.5 Å². The molecular formula is C23H30FN5O2. The lowest BCUT2D eigenvalue weighted by atomic mass is 9.99. The number of hydrazine groups is 1. The average Bonchev–Trinajstić information content (AvgIpc) is 3.22. The van der Waals surface area contributed by atoms with Gasteiger partial charge in [0.25, 0.3) is 5.91 Å². The number of anilines is 1. The Morgan fingerprint density at radius 1 is 1.13 bits per heavy atom. The molecule has 1 aliphatic heterocycles. The SMILES string of the molecule is CN(CCCCCC1CC(c2cccc(F)c2)NN1)C(=O)c1ccc(NC(N)=O)cc1. The van der Waals surface area contributed by atoms with Gasteiger partial charge in [0.2, 0.25) is 0 Å². The molecule has 0 spiro atoms. The molecule has 7 nitrogen and oxygen atoms in total. The summed E-state index contributed by atoms with van der Waals surface area (Å²) < 4.78 is 13.4. The van der Waals surface area contributed by atoms with E-state index in [1.165, 1.54) is 6.07 Å². The van der Waals surface area contributed by atoms with E-state index in [1.54, 1.807) is 48.3 Å². The number of nitrogens with one attached hydrogen (secondary N) is 3. The molecule has 2 atom stereocenters. The Balaban J connectivity index is 1.33. The molecule has 0 radical (unpaired) electrons. The second-order valence-corrected chi connectivity index (χ2v) is 7.97. The topological polar surface area (TPSA) is 99.5 Å². The average molecular weight is 428 g/mol. The number of nitrogens with zero attached hydrogens (tertiary/aromatic N) is 1. The quantitative estimate of drug-likeness (QED) is 0.460. The van der Waals surface area contributed by atoms with E-state index in [-0.39, 0.29) is 17.8 Å². The van der Waals surface area contributed by atoms with Crippen molar-refractivity contribution < 1.29 is 14.0 Å². The maximum Gasteiger partial charge on any atom is 0.316 e. The Kier molecular flexibility index (Phi) is 7.97. The van der Waals surface area contributed by atoms with Gasteiger partial charge in [-0.25, -0.2) is 9.18 Å². The van der Waals surface area contributed by atoms with Gasteiger partial charge in [0.05, 0.1) is 0 Å². The van der Waals surface area contributed by atoms with Crippen LogP contribution in [0.5, 0.6) is 0 Å². The van der Waals surface area contributed by atoms with Crippen LogP contribution in [0.2, 0.25) is 0 Å². The van der Waals surface area contributed by atoms with Gasteiger partial charge in [-0.1, -0.05) is 25.0 Å². The smallest absolute Gasteiger partial charge is 0.316 e. The number of urea groups is 1. The predicted molar refractivity (Wildman–Crippen MR) is 119 cm³/mol. The zero-order chi connectivity index (χ0) is 22.2. The van der Waals surface area contributed by atoms with Crippen molar-refractivity contribution in [2.24, 2.45) is 5.73 Å². The van der Waals surface area contributed by atoms with Gasteiger partial charge in [0.1, 0.15) is 5.82 Å². The van der Waals surface area contributed by atoms with Crippen molar-refractivity contribution >= 4 is 17.6 Å². The number of carbonyl (C=O) groups excluding carboxylic acids is 2. The highest BCUT2D eigenvalue weighted by Crippen LogP contribution is 2.25. The largest absolute Gasteiger partial charge is 0.351 e. The molecule has 0 saturated carbocycles. The molecule has 0 aromatic heterocycles. The highest BCUT2D eigenvalue weighted by Gasteiger charge is 2.24. The summed E-state index contributed by atoms with van der Waals surface area (Å²) >= 11 is 0. The fourth-order valence-corrected chi connectivity index (χ4v) is 3.83. The molecule has 0 aliphatic carbocycles. The fourth-order valence-electron chi connectivity index (χ4n) is 3.83. The van der Waals surface area contributed by atoms with Crippen molar-refractivity contribution in [2.75, 3.05) is 18.9 Å². The zero-order valence-corrected chi connectivity index (χ0v) is 17.7. The monoisotopic (exact) mass is 427 g/mol. The number of halogens is 1. The first kappa shape index (κ1) is 22.7. The molecule has 2 aromatic rings. The molecule has 5 N–H and O–H groups in total. The summed E-state index contributed by atoms with van der Waals surface area (Å²) in [6.07, 6.45) is 4.98. The van der Waals surface area contributed by atoms with Gasteiger partial charge in [0.15, 0.2) is 0 Å². The Hall–Kier alpha value is -2.97. The van der Waals surface area contributed by atoms with E-state index in [1.807, 2.05) is 6.07 Å². The van der Waals surface area contributed by atoms with Crippen molar-refractivity contribution in [1.82, 2.24) is 15.8 Å². The number of rotatable bonds is 9. The number of hydrogen-bond donors (Lipinski definition) is 4. The molecular weight excluding hydrogens is 397 g/mol. The molecule has 1 fully saturated rings. The van der Waals surface area contributed by atoms with Crippen LogP contribution in [-0.2, 0) is 0 Å². The van der Waals surface area contributed by atoms with Gasteiger partial charge in [-0.2, -0.15) is 0 Å². The lowest BCUT2D eigenvalue weighted by molar-refractivity contribution is 0.0792. The van der Waals surface area contributed by atoms with E-state index >= 15 is 0 Å². The zero-order valence-electron chi connectivity index (χ0n) is 17.7. The third-order valence-corrected chi connectivity index (χ3v) is 5.53. The molecule has 3 amide bonds. The van der Waals surface area contributed by atoms with Crippen molar-refractivity contribution in [1.29, 1.82) is 0 Å². The minimum absolute atomic E-state index is 0.0507. The van der Waals surface area contributed by atoms with Crippen LogP contribution >= 0.6 is 0 Å². The van der Waals surface area contributed by atoms with Crippen LogP contribution in [0.3, 0.4) is 0 Å². The van der Waals surface area contributed by atoms with E-state index in [2.05, 4.69) is 16.2 Å². The first-order valence-corrected chi connectivity index (χ1v) is 10.6. The molecule has 3 rings (SSSR count). The number of carbonyl (C=O) groups is 2. The minimum Gasteiger partial charge on any atom is -0.351 e. The van der Waals surface area contributed by atoms with Crippen LogP contribution < -0.4 is 21.9 Å². The summed E-state index contributed by atoms with van der Waals surface area (Å²) in [6.45, 7) is 0.683. The lowest BCUT2D eigenvalue weighted by Crippen LogP contribution is -2.31. The summed E-state index contributed by atoms with van der Waals surface area (Å²) in [6, 6.07) is 13.3. The Bertz CT molecular complexity index is 890. The maximum atomic E-state index is 13.4. The number of amides is 3. The van der Waals surface area contributed by atoms with E-state index in [0.29, 0.717) is 23.8 Å². The van der Waals surface area contributed by atoms with E-state index in [0.717, 1.165) is 37.7 Å². The highest BCUT2D eigenvalue weighted by atomic mass is 19.1. The molecule has 2 aromatic carbocycles. The van der Waals surface area contributed by atoms with Gasteiger partial charge in [-0.3, -0.25) is 15.6 Å². The standard InChI is InChI=1S/C23H30FN5O2/c1-29(22(30)16-9-11-19(12-10-16)26-23(25)31)13-4-2-3-8-20-15-21(28-27-20)17-6-5-7-18(24)14-17/h5-7,9-12,14,20-21,27-28H,2-4,8,13,15H2,1H3,(H3,25,26,31). The molecule has 1 aliphatic rings. The second kappa shape index (κ2) is 10.9. The Morgan fingerprint density at radius 3 is 2.61 bits per heavy atom. The molecule has 8 heteroatoms. The van der Waals surface area contributed by atoms with Crippen molar-refractivity contribution in [3.63, 3.8) is 0 Å². The molecule has 0 bridgehead atoms. The predicted octanol–water partition coefficient (Wildman–Crippen LogP) is 3.56. The van der Waals surface area contributed by atoms with Crippen LogP contribution in [-0.4, -0.2) is 36.5 Å². The number of nitrogens with two attached hydrogens (primary N) is 1. The Labute approximate surface area is 182 Å². The van der Waals surface area contributed by atoms with Crippen LogP contribution in [0.25, 0.3) is 0 Å². The third-order valence-electron chi connectivity index (χ3n) is 5.53. The normalized spacial score (nSPS) is 18.0. The number of benzene rings is 2. The van der Waals surface area contributed by atoms with E-state index in [4.69, 9.17) is 5.73 Å². The summed E-state index contributed by atoms with van der Waals surface area (Å²) in [5.74, 6) is -0.259.